The van der Waals surface area contributed by atoms with Crippen molar-refractivity contribution in [1.29, 1.82) is 0 Å². The van der Waals surface area contributed by atoms with Crippen LogP contribution in [-0.4, -0.2) is 31.5 Å². The Balaban J connectivity index is 1.50. The maximum absolute atomic E-state index is 5.45. The van der Waals surface area contributed by atoms with Gasteiger partial charge in [0.1, 0.15) is 5.82 Å². The van der Waals surface area contributed by atoms with Crippen LogP contribution in [0.5, 0.6) is 11.5 Å². The highest BCUT2D eigenvalue weighted by atomic mass is 16.7. The molecule has 0 saturated carbocycles. The SMILES string of the molecule is Cn1ncc2c(NCc3ccc4c(c3)OCO4)nc(-c3ccncc3)nc21. The first kappa shape index (κ1) is 15.6. The topological polar surface area (TPSA) is 87.0 Å². The van der Waals surface area contributed by atoms with Gasteiger partial charge < -0.3 is 14.8 Å². The molecule has 0 spiro atoms. The summed E-state index contributed by atoms with van der Waals surface area (Å²) >= 11 is 0. The van der Waals surface area contributed by atoms with Crippen LogP contribution in [0.1, 0.15) is 5.56 Å². The molecule has 3 aromatic heterocycles. The summed E-state index contributed by atoms with van der Waals surface area (Å²) in [5.41, 5.74) is 2.74. The van der Waals surface area contributed by atoms with Crippen molar-refractivity contribution in [3.8, 4) is 22.9 Å². The van der Waals surface area contributed by atoms with Crippen LogP contribution >= 0.6 is 0 Å². The van der Waals surface area contributed by atoms with Gasteiger partial charge in [0, 0.05) is 31.5 Å². The number of hydrogen-bond acceptors (Lipinski definition) is 7. The molecule has 1 aliphatic rings. The molecule has 134 valence electrons. The molecule has 0 fully saturated rings. The van der Waals surface area contributed by atoms with Gasteiger partial charge in [-0.25, -0.2) is 9.97 Å². The number of rotatable bonds is 4. The average Bonchev–Trinajstić information content (AvgIpc) is 3.33. The summed E-state index contributed by atoms with van der Waals surface area (Å²) in [4.78, 5) is 13.4. The van der Waals surface area contributed by atoms with Crippen LogP contribution in [0.2, 0.25) is 0 Å². The van der Waals surface area contributed by atoms with E-state index in [4.69, 9.17) is 14.5 Å². The third kappa shape index (κ3) is 2.80. The fourth-order valence-corrected chi connectivity index (χ4v) is 3.02. The summed E-state index contributed by atoms with van der Waals surface area (Å²) in [5.74, 6) is 2.90. The first-order valence-electron chi connectivity index (χ1n) is 8.50. The van der Waals surface area contributed by atoms with E-state index in [1.807, 2.05) is 37.4 Å². The number of ether oxygens (including phenoxy) is 2. The molecular weight excluding hydrogens is 344 g/mol. The van der Waals surface area contributed by atoms with Crippen molar-refractivity contribution < 1.29 is 9.47 Å². The van der Waals surface area contributed by atoms with Gasteiger partial charge in [-0.1, -0.05) is 6.07 Å². The Kier molecular flexibility index (Phi) is 3.60. The number of hydrogen-bond donors (Lipinski definition) is 1. The number of nitrogens with one attached hydrogen (secondary N) is 1. The fourth-order valence-electron chi connectivity index (χ4n) is 3.02. The van der Waals surface area contributed by atoms with Gasteiger partial charge in [-0.3, -0.25) is 9.67 Å². The second-order valence-electron chi connectivity index (χ2n) is 6.18. The molecule has 1 N–H and O–H groups in total. The molecule has 1 aliphatic heterocycles. The minimum atomic E-state index is 0.268. The Morgan fingerprint density at radius 1 is 1.07 bits per heavy atom. The summed E-state index contributed by atoms with van der Waals surface area (Å²) in [5, 5.41) is 8.59. The monoisotopic (exact) mass is 360 g/mol. The van der Waals surface area contributed by atoms with E-state index in [9.17, 15) is 0 Å². The van der Waals surface area contributed by atoms with Crippen molar-refractivity contribution >= 4 is 16.9 Å². The van der Waals surface area contributed by atoms with Crippen molar-refractivity contribution in [2.75, 3.05) is 12.1 Å². The Bertz CT molecular complexity index is 1130. The number of anilines is 1. The molecule has 0 saturated heterocycles. The van der Waals surface area contributed by atoms with Crippen molar-refractivity contribution in [3.05, 3.63) is 54.5 Å². The third-order valence-electron chi connectivity index (χ3n) is 4.43. The van der Waals surface area contributed by atoms with E-state index in [1.54, 1.807) is 23.3 Å². The maximum Gasteiger partial charge on any atom is 0.231 e. The summed E-state index contributed by atoms with van der Waals surface area (Å²) in [6, 6.07) is 9.67. The molecule has 0 aliphatic carbocycles. The van der Waals surface area contributed by atoms with Crippen molar-refractivity contribution in [3.63, 3.8) is 0 Å². The molecule has 5 rings (SSSR count). The minimum Gasteiger partial charge on any atom is -0.454 e. The zero-order valence-electron chi connectivity index (χ0n) is 14.6. The van der Waals surface area contributed by atoms with E-state index in [0.717, 1.165) is 39.5 Å². The Labute approximate surface area is 154 Å². The highest BCUT2D eigenvalue weighted by Crippen LogP contribution is 2.33. The van der Waals surface area contributed by atoms with E-state index < -0.39 is 0 Å². The predicted octanol–water partition coefficient (Wildman–Crippen LogP) is 2.77. The quantitative estimate of drug-likeness (QED) is 0.599. The average molecular weight is 360 g/mol. The predicted molar refractivity (Wildman–Crippen MR) is 99.4 cm³/mol. The Morgan fingerprint density at radius 3 is 2.81 bits per heavy atom. The standard InChI is InChI=1S/C19H16N6O2/c1-25-19-14(10-22-25)18(23-17(24-19)13-4-6-20-7-5-13)21-9-12-2-3-15-16(8-12)27-11-26-15/h2-8,10H,9,11H2,1H3,(H,21,23,24). The zero-order valence-corrected chi connectivity index (χ0v) is 14.6. The molecule has 0 unspecified atom stereocenters. The second kappa shape index (κ2) is 6.24. The first-order valence-corrected chi connectivity index (χ1v) is 8.50. The van der Waals surface area contributed by atoms with Gasteiger partial charge in [0.15, 0.2) is 23.0 Å². The largest absolute Gasteiger partial charge is 0.454 e. The number of fused-ring (bicyclic) bond motifs is 2. The van der Waals surface area contributed by atoms with Gasteiger partial charge >= 0.3 is 0 Å². The van der Waals surface area contributed by atoms with Crippen LogP contribution in [-0.2, 0) is 13.6 Å². The van der Waals surface area contributed by atoms with Crippen molar-refractivity contribution in [1.82, 2.24) is 24.7 Å². The Hall–Kier alpha value is -3.68. The molecule has 0 bridgehead atoms. The third-order valence-corrected chi connectivity index (χ3v) is 4.43. The molecule has 8 nitrogen and oxygen atoms in total. The van der Waals surface area contributed by atoms with Crippen LogP contribution in [0.4, 0.5) is 5.82 Å². The summed E-state index contributed by atoms with van der Waals surface area (Å²) in [6.45, 7) is 0.858. The molecular formula is C19H16N6O2. The molecule has 4 aromatic rings. The lowest BCUT2D eigenvalue weighted by atomic mass is 10.2. The summed E-state index contributed by atoms with van der Waals surface area (Å²) < 4.78 is 12.6. The van der Waals surface area contributed by atoms with Crippen LogP contribution < -0.4 is 14.8 Å². The first-order chi connectivity index (χ1) is 13.3. The smallest absolute Gasteiger partial charge is 0.231 e. The van der Waals surface area contributed by atoms with Gasteiger partial charge in [0.05, 0.1) is 11.6 Å². The zero-order chi connectivity index (χ0) is 18.2. The van der Waals surface area contributed by atoms with E-state index in [1.165, 1.54) is 0 Å². The number of aromatic nitrogens is 5. The van der Waals surface area contributed by atoms with Crippen LogP contribution in [0.25, 0.3) is 22.4 Å². The minimum absolute atomic E-state index is 0.268. The fraction of sp³-hybridized carbons (Fsp3) is 0.158. The highest BCUT2D eigenvalue weighted by Gasteiger charge is 2.15. The number of nitrogens with zero attached hydrogens (tertiary/aromatic N) is 5. The molecule has 4 heterocycles. The molecule has 8 heteroatoms. The van der Waals surface area contributed by atoms with E-state index in [-0.39, 0.29) is 6.79 Å². The molecule has 1 aromatic carbocycles. The highest BCUT2D eigenvalue weighted by molar-refractivity contribution is 5.88. The molecule has 27 heavy (non-hydrogen) atoms. The van der Waals surface area contributed by atoms with Crippen LogP contribution in [0.3, 0.4) is 0 Å². The number of benzene rings is 1. The van der Waals surface area contributed by atoms with Crippen molar-refractivity contribution in [2.45, 2.75) is 6.54 Å². The van der Waals surface area contributed by atoms with E-state index in [2.05, 4.69) is 20.4 Å². The van der Waals surface area contributed by atoms with E-state index in [0.29, 0.717) is 12.4 Å². The summed E-state index contributed by atoms with van der Waals surface area (Å²) in [7, 11) is 1.87. The summed E-state index contributed by atoms with van der Waals surface area (Å²) in [6.07, 6.45) is 5.23. The van der Waals surface area contributed by atoms with Crippen molar-refractivity contribution in [2.24, 2.45) is 7.05 Å². The van der Waals surface area contributed by atoms with Gasteiger partial charge in [-0.05, 0) is 29.8 Å². The molecule has 0 radical (unpaired) electrons. The number of aryl methyl sites for hydroxylation is 1. The second-order valence-corrected chi connectivity index (χ2v) is 6.18. The van der Waals surface area contributed by atoms with Gasteiger partial charge in [0.25, 0.3) is 0 Å². The lowest BCUT2D eigenvalue weighted by molar-refractivity contribution is 0.174. The molecule has 0 atom stereocenters. The van der Waals surface area contributed by atoms with Gasteiger partial charge in [-0.2, -0.15) is 5.10 Å². The number of pyridine rings is 1. The molecule has 0 amide bonds. The Morgan fingerprint density at radius 2 is 1.93 bits per heavy atom. The lowest BCUT2D eigenvalue weighted by Crippen LogP contribution is -2.05. The van der Waals surface area contributed by atoms with Gasteiger partial charge in [-0.15, -0.1) is 0 Å². The maximum atomic E-state index is 5.45. The van der Waals surface area contributed by atoms with E-state index >= 15 is 0 Å². The van der Waals surface area contributed by atoms with Gasteiger partial charge in [0.2, 0.25) is 6.79 Å². The lowest BCUT2D eigenvalue weighted by Gasteiger charge is -2.10. The van der Waals surface area contributed by atoms with Crippen LogP contribution in [0, 0.1) is 0 Å². The normalized spacial score (nSPS) is 12.5. The van der Waals surface area contributed by atoms with Crippen LogP contribution in [0.15, 0.2) is 48.9 Å².